The Hall–Kier alpha value is -0.980. The van der Waals surface area contributed by atoms with Crippen LogP contribution in [0.1, 0.15) is 33.1 Å². The van der Waals surface area contributed by atoms with Gasteiger partial charge in [-0.1, -0.05) is 31.6 Å². The van der Waals surface area contributed by atoms with Gasteiger partial charge in [0.2, 0.25) is 0 Å². The van der Waals surface area contributed by atoms with Crippen LogP contribution in [0.15, 0.2) is 36.1 Å². The third kappa shape index (κ3) is 3.10. The van der Waals surface area contributed by atoms with Gasteiger partial charge in [-0.2, -0.15) is 0 Å². The molecule has 1 fully saturated rings. The molecule has 1 aliphatic rings. The van der Waals surface area contributed by atoms with E-state index in [2.05, 4.69) is 13.0 Å². The predicted molar refractivity (Wildman–Crippen MR) is 58.2 cm³/mol. The molecule has 13 heavy (non-hydrogen) atoms. The van der Waals surface area contributed by atoms with Crippen molar-refractivity contribution >= 4 is 0 Å². The first kappa shape index (κ1) is 10.1. The topological polar surface area (TPSA) is 26.0 Å². The Kier molecular flexibility index (Phi) is 3.35. The Morgan fingerprint density at radius 1 is 1.38 bits per heavy atom. The normalized spacial score (nSPS) is 22.5. The van der Waals surface area contributed by atoms with Crippen molar-refractivity contribution in [2.24, 2.45) is 11.1 Å². The Morgan fingerprint density at radius 3 is 2.54 bits per heavy atom. The molecule has 0 heterocycles. The maximum Gasteiger partial charge on any atom is 0.0310 e. The van der Waals surface area contributed by atoms with Crippen molar-refractivity contribution < 1.29 is 0 Å². The van der Waals surface area contributed by atoms with Gasteiger partial charge in [0, 0.05) is 5.70 Å². The average Bonchev–Trinajstić information content (AvgIpc) is 2.08. The molecule has 0 aromatic rings. The van der Waals surface area contributed by atoms with E-state index in [0.717, 1.165) is 5.70 Å². The van der Waals surface area contributed by atoms with Crippen LogP contribution in [0, 0.1) is 5.41 Å². The third-order valence-corrected chi connectivity index (χ3v) is 2.66. The van der Waals surface area contributed by atoms with E-state index in [0.29, 0.717) is 5.41 Å². The number of hydrogen-bond donors (Lipinski definition) is 1. The minimum Gasteiger partial charge on any atom is -0.399 e. The fraction of sp³-hybridized carbons (Fsp3) is 0.500. The highest BCUT2D eigenvalue weighted by Crippen LogP contribution is 2.41. The van der Waals surface area contributed by atoms with E-state index in [1.54, 1.807) is 0 Å². The van der Waals surface area contributed by atoms with E-state index in [9.17, 15) is 0 Å². The van der Waals surface area contributed by atoms with Crippen molar-refractivity contribution in [2.75, 3.05) is 0 Å². The van der Waals surface area contributed by atoms with Gasteiger partial charge in [0.1, 0.15) is 0 Å². The van der Waals surface area contributed by atoms with Gasteiger partial charge in [0.05, 0.1) is 0 Å². The minimum absolute atomic E-state index is 0.425. The number of hydrogen-bond acceptors (Lipinski definition) is 1. The standard InChI is InChI=1S/C12H19N/c1-3-4-6-11(13)7-10-12(2)8-5-9-12/h3-4,6-7,10H,5,8-9,13H2,1-2H3/b4-3-,10-7-,11-6+. The lowest BCUT2D eigenvalue weighted by atomic mass is 9.70. The van der Waals surface area contributed by atoms with E-state index < -0.39 is 0 Å². The highest BCUT2D eigenvalue weighted by Gasteiger charge is 2.28. The molecule has 0 aromatic carbocycles. The van der Waals surface area contributed by atoms with E-state index in [-0.39, 0.29) is 0 Å². The van der Waals surface area contributed by atoms with Crippen LogP contribution in [-0.2, 0) is 0 Å². The predicted octanol–water partition coefficient (Wildman–Crippen LogP) is 3.15. The summed E-state index contributed by atoms with van der Waals surface area (Å²) in [5.41, 5.74) is 7.03. The molecule has 1 saturated carbocycles. The highest BCUT2D eigenvalue weighted by atomic mass is 14.6. The summed E-state index contributed by atoms with van der Waals surface area (Å²) in [6, 6.07) is 0. The van der Waals surface area contributed by atoms with Gasteiger partial charge in [-0.3, -0.25) is 0 Å². The lowest BCUT2D eigenvalue weighted by Crippen LogP contribution is -2.22. The maximum atomic E-state index is 5.77. The second kappa shape index (κ2) is 4.31. The van der Waals surface area contributed by atoms with Gasteiger partial charge in [-0.15, -0.1) is 0 Å². The van der Waals surface area contributed by atoms with Crippen LogP contribution in [0.2, 0.25) is 0 Å². The summed E-state index contributed by atoms with van der Waals surface area (Å²) in [5.74, 6) is 0. The fourth-order valence-electron chi connectivity index (χ4n) is 1.46. The van der Waals surface area contributed by atoms with Crippen molar-refractivity contribution in [1.82, 2.24) is 0 Å². The van der Waals surface area contributed by atoms with Crippen LogP contribution >= 0.6 is 0 Å². The molecule has 1 rings (SSSR count). The number of nitrogens with two attached hydrogens (primary N) is 1. The second-order valence-corrected chi connectivity index (χ2v) is 4.03. The van der Waals surface area contributed by atoms with Crippen LogP contribution < -0.4 is 5.73 Å². The summed E-state index contributed by atoms with van der Waals surface area (Å²) < 4.78 is 0. The van der Waals surface area contributed by atoms with Crippen molar-refractivity contribution in [3.8, 4) is 0 Å². The molecule has 2 N–H and O–H groups in total. The van der Waals surface area contributed by atoms with E-state index in [1.807, 2.05) is 31.2 Å². The molecule has 0 aromatic heterocycles. The summed E-state index contributed by atoms with van der Waals surface area (Å²) in [7, 11) is 0. The average molecular weight is 177 g/mol. The Labute approximate surface area is 81.0 Å². The SMILES string of the molecule is C\C=C/C=C(N)\C=C/C1(C)CCC1. The zero-order valence-electron chi connectivity index (χ0n) is 8.59. The van der Waals surface area contributed by atoms with Crippen molar-refractivity contribution in [3.63, 3.8) is 0 Å². The Bertz CT molecular complexity index is 242. The Balaban J connectivity index is 2.47. The molecule has 72 valence electrons. The molecule has 0 aliphatic heterocycles. The molecule has 0 spiro atoms. The zero-order chi connectivity index (χ0) is 9.73. The summed E-state index contributed by atoms with van der Waals surface area (Å²) in [5, 5.41) is 0. The second-order valence-electron chi connectivity index (χ2n) is 4.03. The van der Waals surface area contributed by atoms with Crippen molar-refractivity contribution in [1.29, 1.82) is 0 Å². The summed E-state index contributed by atoms with van der Waals surface area (Å²) in [6.07, 6.45) is 14.1. The van der Waals surface area contributed by atoms with Crippen LogP contribution in [0.4, 0.5) is 0 Å². The van der Waals surface area contributed by atoms with Gasteiger partial charge >= 0.3 is 0 Å². The minimum atomic E-state index is 0.425. The lowest BCUT2D eigenvalue weighted by molar-refractivity contribution is 0.234. The van der Waals surface area contributed by atoms with Crippen LogP contribution in [0.5, 0.6) is 0 Å². The highest BCUT2D eigenvalue weighted by molar-refractivity contribution is 5.22. The zero-order valence-corrected chi connectivity index (χ0v) is 8.59. The van der Waals surface area contributed by atoms with Gasteiger partial charge in [0.15, 0.2) is 0 Å². The molecule has 0 atom stereocenters. The van der Waals surface area contributed by atoms with Crippen LogP contribution in [-0.4, -0.2) is 0 Å². The Morgan fingerprint density at radius 2 is 2.08 bits per heavy atom. The maximum absolute atomic E-state index is 5.77. The van der Waals surface area contributed by atoms with Crippen molar-refractivity contribution in [2.45, 2.75) is 33.1 Å². The quantitative estimate of drug-likeness (QED) is 0.658. The van der Waals surface area contributed by atoms with Crippen LogP contribution in [0.25, 0.3) is 0 Å². The molecule has 0 saturated heterocycles. The number of rotatable bonds is 3. The summed E-state index contributed by atoms with van der Waals surface area (Å²) in [6.45, 7) is 4.27. The molecule has 0 unspecified atom stereocenters. The van der Waals surface area contributed by atoms with Crippen LogP contribution in [0.3, 0.4) is 0 Å². The summed E-state index contributed by atoms with van der Waals surface area (Å²) in [4.78, 5) is 0. The molecular formula is C12H19N. The molecular weight excluding hydrogens is 158 g/mol. The van der Waals surface area contributed by atoms with E-state index >= 15 is 0 Å². The largest absolute Gasteiger partial charge is 0.399 e. The third-order valence-electron chi connectivity index (χ3n) is 2.66. The number of allylic oxidation sites excluding steroid dienone is 5. The smallest absolute Gasteiger partial charge is 0.0310 e. The van der Waals surface area contributed by atoms with Gasteiger partial charge in [-0.05, 0) is 37.3 Å². The van der Waals surface area contributed by atoms with Gasteiger partial charge < -0.3 is 5.73 Å². The molecule has 0 bridgehead atoms. The molecule has 0 amide bonds. The summed E-state index contributed by atoms with van der Waals surface area (Å²) >= 11 is 0. The van der Waals surface area contributed by atoms with E-state index in [4.69, 9.17) is 5.73 Å². The van der Waals surface area contributed by atoms with Crippen molar-refractivity contribution in [3.05, 3.63) is 36.1 Å². The first-order chi connectivity index (χ1) is 6.16. The first-order valence-electron chi connectivity index (χ1n) is 4.94. The molecule has 1 heteroatoms. The van der Waals surface area contributed by atoms with Gasteiger partial charge in [-0.25, -0.2) is 0 Å². The molecule has 1 nitrogen and oxygen atoms in total. The van der Waals surface area contributed by atoms with Gasteiger partial charge in [0.25, 0.3) is 0 Å². The fourth-order valence-corrected chi connectivity index (χ4v) is 1.46. The lowest BCUT2D eigenvalue weighted by Gasteiger charge is -2.35. The monoisotopic (exact) mass is 177 g/mol. The molecule has 0 radical (unpaired) electrons. The first-order valence-corrected chi connectivity index (χ1v) is 4.94. The molecule has 1 aliphatic carbocycles. The van der Waals surface area contributed by atoms with E-state index in [1.165, 1.54) is 19.3 Å².